The molecule has 0 aliphatic carbocycles. The summed E-state index contributed by atoms with van der Waals surface area (Å²) in [5.41, 5.74) is 1.56. The van der Waals surface area contributed by atoms with Crippen LogP contribution in [-0.4, -0.2) is 11.0 Å². The van der Waals surface area contributed by atoms with Crippen molar-refractivity contribution in [3.05, 3.63) is 52.9 Å². The van der Waals surface area contributed by atoms with Crippen molar-refractivity contribution in [2.45, 2.75) is 13.3 Å². The lowest BCUT2D eigenvalue weighted by Crippen LogP contribution is -2.22. The number of rotatable bonds is 3. The van der Waals surface area contributed by atoms with Crippen LogP contribution in [0.25, 0.3) is 21.5 Å². The Balaban J connectivity index is 2.24. The highest BCUT2D eigenvalue weighted by Gasteiger charge is 2.09. The van der Waals surface area contributed by atoms with E-state index >= 15 is 0 Å². The summed E-state index contributed by atoms with van der Waals surface area (Å²) >= 11 is 1.64. The minimum Gasteiger partial charge on any atom is -0.545 e. The Bertz CT molecular complexity index is 792. The van der Waals surface area contributed by atoms with Crippen molar-refractivity contribution in [3.8, 4) is 10.6 Å². The van der Waals surface area contributed by atoms with Gasteiger partial charge in [0.05, 0.1) is 22.1 Å². The van der Waals surface area contributed by atoms with E-state index in [-0.39, 0.29) is 5.56 Å². The molecule has 3 nitrogen and oxygen atoms in total. The van der Waals surface area contributed by atoms with Crippen LogP contribution in [0.4, 0.5) is 0 Å². The van der Waals surface area contributed by atoms with E-state index in [0.29, 0.717) is 16.6 Å². The van der Waals surface area contributed by atoms with Crippen LogP contribution in [-0.2, 0) is 6.42 Å². The Labute approximate surface area is 120 Å². The standard InChI is InChI=1S/C16H13NO2S/c1-2-10-7-8-15(20-10)14-9-12(16(18)19)11-5-3-4-6-13(11)17-14/h3-9H,2H2,1H3,(H,18,19)/p-1. The quantitative estimate of drug-likeness (QED) is 0.742. The number of carbonyl (C=O) groups is 1. The Morgan fingerprint density at radius 1 is 1.25 bits per heavy atom. The number of hydrogen-bond acceptors (Lipinski definition) is 4. The zero-order valence-corrected chi connectivity index (χ0v) is 11.7. The fraction of sp³-hybridized carbons (Fsp3) is 0.125. The second kappa shape index (κ2) is 5.06. The lowest BCUT2D eigenvalue weighted by molar-refractivity contribution is -0.254. The number of aromatic carboxylic acids is 1. The van der Waals surface area contributed by atoms with Gasteiger partial charge in [0.2, 0.25) is 0 Å². The SMILES string of the molecule is CCc1ccc(-c2cc(C(=O)[O-])c3ccccc3n2)s1. The number of carboxylic acid groups (broad SMARTS) is 1. The molecule has 0 N–H and O–H groups in total. The van der Waals surface area contributed by atoms with E-state index in [0.717, 1.165) is 11.3 Å². The largest absolute Gasteiger partial charge is 0.545 e. The molecule has 0 bridgehead atoms. The summed E-state index contributed by atoms with van der Waals surface area (Å²) in [6.07, 6.45) is 0.964. The highest BCUT2D eigenvalue weighted by atomic mass is 32.1. The number of carbonyl (C=O) groups excluding carboxylic acids is 1. The molecule has 4 heteroatoms. The first-order valence-electron chi connectivity index (χ1n) is 6.39. The summed E-state index contributed by atoms with van der Waals surface area (Å²) in [5, 5.41) is 11.9. The second-order valence-corrected chi connectivity index (χ2v) is 5.65. The van der Waals surface area contributed by atoms with E-state index < -0.39 is 5.97 Å². The fourth-order valence-electron chi connectivity index (χ4n) is 2.18. The molecule has 20 heavy (non-hydrogen) atoms. The molecule has 1 aromatic carbocycles. The van der Waals surface area contributed by atoms with Crippen molar-refractivity contribution in [3.63, 3.8) is 0 Å². The van der Waals surface area contributed by atoms with Gasteiger partial charge in [-0.05, 0) is 30.7 Å². The van der Waals surface area contributed by atoms with Crippen LogP contribution in [0.2, 0.25) is 0 Å². The van der Waals surface area contributed by atoms with Gasteiger partial charge in [0, 0.05) is 15.8 Å². The van der Waals surface area contributed by atoms with Gasteiger partial charge in [0.15, 0.2) is 0 Å². The van der Waals surface area contributed by atoms with Crippen LogP contribution in [0.3, 0.4) is 0 Å². The third kappa shape index (κ3) is 2.18. The number of hydrogen-bond donors (Lipinski definition) is 0. The molecule has 0 amide bonds. The number of carboxylic acids is 1. The predicted molar refractivity (Wildman–Crippen MR) is 78.8 cm³/mol. The summed E-state index contributed by atoms with van der Waals surface area (Å²) < 4.78 is 0. The maximum atomic E-state index is 11.3. The highest BCUT2D eigenvalue weighted by Crippen LogP contribution is 2.30. The molecule has 0 spiro atoms. The number of aromatic nitrogens is 1. The molecule has 0 atom stereocenters. The average Bonchev–Trinajstić information content (AvgIpc) is 2.95. The molecular formula is C16H12NO2S-. The van der Waals surface area contributed by atoms with E-state index in [2.05, 4.69) is 18.0 Å². The zero-order valence-electron chi connectivity index (χ0n) is 10.9. The van der Waals surface area contributed by atoms with Crippen LogP contribution >= 0.6 is 11.3 Å². The molecule has 0 fully saturated rings. The first-order valence-corrected chi connectivity index (χ1v) is 7.21. The smallest absolute Gasteiger partial charge is 0.0816 e. The first kappa shape index (κ1) is 12.8. The minimum absolute atomic E-state index is 0.192. The van der Waals surface area contributed by atoms with Crippen LogP contribution in [0.1, 0.15) is 22.2 Å². The Kier molecular flexibility index (Phi) is 3.24. The molecule has 100 valence electrons. The molecule has 0 radical (unpaired) electrons. The summed E-state index contributed by atoms with van der Waals surface area (Å²) in [6, 6.07) is 12.9. The van der Waals surface area contributed by atoms with Crippen LogP contribution in [0.15, 0.2) is 42.5 Å². The third-order valence-electron chi connectivity index (χ3n) is 3.20. The molecule has 0 saturated carbocycles. The van der Waals surface area contributed by atoms with E-state index in [1.165, 1.54) is 4.88 Å². The van der Waals surface area contributed by atoms with Gasteiger partial charge >= 0.3 is 0 Å². The van der Waals surface area contributed by atoms with E-state index in [4.69, 9.17) is 0 Å². The number of nitrogens with zero attached hydrogens (tertiary/aromatic N) is 1. The lowest BCUT2D eigenvalue weighted by Gasteiger charge is -2.09. The molecule has 0 saturated heterocycles. The second-order valence-electron chi connectivity index (χ2n) is 4.48. The van der Waals surface area contributed by atoms with Crippen molar-refractivity contribution in [2.75, 3.05) is 0 Å². The van der Waals surface area contributed by atoms with Crippen molar-refractivity contribution in [2.24, 2.45) is 0 Å². The maximum Gasteiger partial charge on any atom is 0.0816 e. The molecule has 3 rings (SSSR count). The van der Waals surface area contributed by atoms with Crippen molar-refractivity contribution in [1.29, 1.82) is 0 Å². The number of benzene rings is 1. The Hall–Kier alpha value is -2.20. The van der Waals surface area contributed by atoms with Crippen molar-refractivity contribution < 1.29 is 9.90 Å². The first-order chi connectivity index (χ1) is 9.69. The monoisotopic (exact) mass is 282 g/mol. The molecular weight excluding hydrogens is 270 g/mol. The molecule has 2 heterocycles. The molecule has 0 unspecified atom stereocenters. The molecule has 0 aliphatic heterocycles. The van der Waals surface area contributed by atoms with E-state index in [1.807, 2.05) is 18.2 Å². The number of aryl methyl sites for hydroxylation is 1. The third-order valence-corrected chi connectivity index (χ3v) is 4.45. The van der Waals surface area contributed by atoms with Crippen molar-refractivity contribution in [1.82, 2.24) is 4.98 Å². The zero-order chi connectivity index (χ0) is 14.1. The number of thiophene rings is 1. The summed E-state index contributed by atoms with van der Waals surface area (Å²) in [7, 11) is 0. The van der Waals surface area contributed by atoms with Crippen LogP contribution in [0, 0.1) is 0 Å². The van der Waals surface area contributed by atoms with Gasteiger partial charge < -0.3 is 9.90 Å². The highest BCUT2D eigenvalue weighted by molar-refractivity contribution is 7.15. The summed E-state index contributed by atoms with van der Waals surface area (Å²) in [5.74, 6) is -1.17. The lowest BCUT2D eigenvalue weighted by atomic mass is 10.1. The van der Waals surface area contributed by atoms with Crippen molar-refractivity contribution >= 4 is 28.2 Å². The minimum atomic E-state index is -1.17. The van der Waals surface area contributed by atoms with Gasteiger partial charge in [-0.2, -0.15) is 0 Å². The Morgan fingerprint density at radius 2 is 2.05 bits per heavy atom. The molecule has 0 aliphatic rings. The molecule has 2 aromatic heterocycles. The van der Waals surface area contributed by atoms with Gasteiger partial charge in [-0.3, -0.25) is 0 Å². The molecule has 3 aromatic rings. The van der Waals surface area contributed by atoms with Crippen LogP contribution in [0.5, 0.6) is 0 Å². The Morgan fingerprint density at radius 3 is 2.75 bits per heavy atom. The topological polar surface area (TPSA) is 53.0 Å². The average molecular weight is 282 g/mol. The number of fused-ring (bicyclic) bond motifs is 1. The number of para-hydroxylation sites is 1. The van der Waals surface area contributed by atoms with E-state index in [1.54, 1.807) is 29.5 Å². The van der Waals surface area contributed by atoms with Gasteiger partial charge in [-0.25, -0.2) is 4.98 Å². The number of pyridine rings is 1. The summed E-state index contributed by atoms with van der Waals surface area (Å²) in [6.45, 7) is 2.09. The van der Waals surface area contributed by atoms with Gasteiger partial charge in [0.1, 0.15) is 0 Å². The van der Waals surface area contributed by atoms with E-state index in [9.17, 15) is 9.90 Å². The maximum absolute atomic E-state index is 11.3. The summed E-state index contributed by atoms with van der Waals surface area (Å²) in [4.78, 5) is 18.1. The normalized spacial score (nSPS) is 10.8. The van der Waals surface area contributed by atoms with Gasteiger partial charge in [0.25, 0.3) is 0 Å². The fourth-order valence-corrected chi connectivity index (χ4v) is 3.08. The van der Waals surface area contributed by atoms with Gasteiger partial charge in [-0.1, -0.05) is 25.1 Å². The van der Waals surface area contributed by atoms with Gasteiger partial charge in [-0.15, -0.1) is 11.3 Å². The predicted octanol–water partition coefficient (Wildman–Crippen LogP) is 2.89. The van der Waals surface area contributed by atoms with Crippen LogP contribution < -0.4 is 5.11 Å².